The van der Waals surface area contributed by atoms with Crippen molar-refractivity contribution in [2.75, 3.05) is 6.26 Å². The molecule has 0 spiro atoms. The number of piperidine rings is 1. The highest BCUT2D eigenvalue weighted by Gasteiger charge is 2.45. The minimum atomic E-state index is -3.06. The molecule has 1 aromatic rings. The molecule has 2 unspecified atom stereocenters. The molecule has 2 bridgehead atoms. The first-order valence-electron chi connectivity index (χ1n) is 7.42. The maximum Gasteiger partial charge on any atom is 0.254 e. The van der Waals surface area contributed by atoms with E-state index in [9.17, 15) is 13.2 Å². The zero-order valence-electron chi connectivity index (χ0n) is 12.4. The number of fused-ring (bicyclic) bond motifs is 2. The first kappa shape index (κ1) is 15.0. The van der Waals surface area contributed by atoms with Gasteiger partial charge in [-0.15, -0.1) is 0 Å². The number of carbonyl (C=O) groups excluding carboxylic acids is 1. The van der Waals surface area contributed by atoms with Crippen LogP contribution in [0.4, 0.5) is 0 Å². The zero-order valence-corrected chi connectivity index (χ0v) is 13.2. The third kappa shape index (κ3) is 2.61. The van der Waals surface area contributed by atoms with Gasteiger partial charge in [0.05, 0.1) is 16.9 Å². The second-order valence-electron chi connectivity index (χ2n) is 6.21. The Morgan fingerprint density at radius 3 is 2.45 bits per heavy atom. The fourth-order valence-corrected chi connectivity index (χ4v) is 4.82. The molecule has 116 valence electrons. The van der Waals surface area contributed by atoms with E-state index < -0.39 is 9.84 Å². The van der Waals surface area contributed by atoms with E-state index in [0.29, 0.717) is 24.0 Å². The average molecular weight is 318 g/mol. The number of amides is 1. The predicted molar refractivity (Wildman–Crippen MR) is 82.0 cm³/mol. The molecule has 2 fully saturated rings. The van der Waals surface area contributed by atoms with Gasteiger partial charge in [-0.05, 0) is 43.9 Å². The molecule has 6 heteroatoms. The van der Waals surface area contributed by atoms with Gasteiger partial charge in [-0.3, -0.25) is 4.79 Å². The van der Waals surface area contributed by atoms with Crippen LogP contribution in [0, 0.1) is 11.3 Å². The molecule has 2 aliphatic rings. The van der Waals surface area contributed by atoms with E-state index in [1.807, 2.05) is 11.0 Å². The van der Waals surface area contributed by atoms with Crippen LogP contribution in [-0.4, -0.2) is 42.8 Å². The number of sulfone groups is 1. The number of hydrogen-bond donors (Lipinski definition) is 0. The Hall–Kier alpha value is -1.87. The van der Waals surface area contributed by atoms with E-state index >= 15 is 0 Å². The molecular formula is C16H18N2O3S. The average Bonchev–Trinajstić information content (AvgIpc) is 2.75. The summed E-state index contributed by atoms with van der Waals surface area (Å²) in [4.78, 5) is 14.6. The van der Waals surface area contributed by atoms with Gasteiger partial charge in [0, 0.05) is 23.9 Å². The van der Waals surface area contributed by atoms with Crippen LogP contribution in [0.25, 0.3) is 0 Å². The summed E-state index contributed by atoms with van der Waals surface area (Å²) >= 11 is 0. The van der Waals surface area contributed by atoms with E-state index in [-0.39, 0.29) is 23.2 Å². The predicted octanol–water partition coefficient (Wildman–Crippen LogP) is 1.74. The topological polar surface area (TPSA) is 78.2 Å². The largest absolute Gasteiger partial charge is 0.333 e. The molecule has 22 heavy (non-hydrogen) atoms. The van der Waals surface area contributed by atoms with Crippen molar-refractivity contribution in [2.45, 2.75) is 43.0 Å². The van der Waals surface area contributed by atoms with Gasteiger partial charge in [0.2, 0.25) is 0 Å². The molecule has 2 heterocycles. The molecule has 0 aliphatic carbocycles. The summed E-state index contributed by atoms with van der Waals surface area (Å²) in [5.74, 6) is -0.0865. The zero-order chi connectivity index (χ0) is 15.9. The summed E-state index contributed by atoms with van der Waals surface area (Å²) in [6, 6.07) is 8.72. The standard InChI is InChI=1S/C16H18N2O3S/c1-22(20,21)15-8-13-5-6-14(9-15)18(13)16(19)12-4-2-3-11(7-12)10-17/h2-4,7,13-15H,5-6,8-9H2,1H3. The second kappa shape index (κ2) is 5.40. The summed E-state index contributed by atoms with van der Waals surface area (Å²) < 4.78 is 23.6. The number of benzene rings is 1. The van der Waals surface area contributed by atoms with Gasteiger partial charge >= 0.3 is 0 Å². The fourth-order valence-electron chi connectivity index (χ4n) is 3.68. The molecule has 5 nitrogen and oxygen atoms in total. The van der Waals surface area contributed by atoms with Crippen molar-refractivity contribution in [1.29, 1.82) is 5.26 Å². The van der Waals surface area contributed by atoms with Crippen LogP contribution < -0.4 is 0 Å². The lowest BCUT2D eigenvalue weighted by Gasteiger charge is -2.38. The van der Waals surface area contributed by atoms with Gasteiger partial charge in [-0.1, -0.05) is 6.07 Å². The third-order valence-electron chi connectivity index (χ3n) is 4.77. The van der Waals surface area contributed by atoms with Crippen molar-refractivity contribution >= 4 is 15.7 Å². The maximum atomic E-state index is 12.8. The summed E-state index contributed by atoms with van der Waals surface area (Å²) in [5.41, 5.74) is 0.970. The van der Waals surface area contributed by atoms with Crippen LogP contribution in [0.2, 0.25) is 0 Å². The molecule has 0 saturated carbocycles. The Labute approximate surface area is 130 Å². The van der Waals surface area contributed by atoms with Crippen LogP contribution in [0.15, 0.2) is 24.3 Å². The maximum absolute atomic E-state index is 12.8. The van der Waals surface area contributed by atoms with Gasteiger partial charge in [0.25, 0.3) is 5.91 Å². The van der Waals surface area contributed by atoms with Crippen molar-refractivity contribution in [3.05, 3.63) is 35.4 Å². The van der Waals surface area contributed by atoms with Crippen LogP contribution in [0.1, 0.15) is 41.6 Å². The second-order valence-corrected chi connectivity index (χ2v) is 8.54. The lowest BCUT2D eigenvalue weighted by atomic mass is 10.0. The molecule has 0 radical (unpaired) electrons. The number of nitrogens with zero attached hydrogens (tertiary/aromatic N) is 2. The fraction of sp³-hybridized carbons (Fsp3) is 0.500. The summed E-state index contributed by atoms with van der Waals surface area (Å²) in [6.07, 6.45) is 4.06. The number of nitriles is 1. The van der Waals surface area contributed by atoms with Gasteiger partial charge in [-0.25, -0.2) is 8.42 Å². The monoisotopic (exact) mass is 318 g/mol. The number of rotatable bonds is 2. The first-order valence-corrected chi connectivity index (χ1v) is 9.37. The Kier molecular flexibility index (Phi) is 3.69. The highest BCUT2D eigenvalue weighted by atomic mass is 32.2. The molecule has 0 N–H and O–H groups in total. The van der Waals surface area contributed by atoms with Gasteiger partial charge in [-0.2, -0.15) is 5.26 Å². The van der Waals surface area contributed by atoms with Crippen molar-refractivity contribution in [3.63, 3.8) is 0 Å². The normalized spacial score (nSPS) is 27.5. The van der Waals surface area contributed by atoms with Crippen molar-refractivity contribution in [2.24, 2.45) is 0 Å². The Morgan fingerprint density at radius 1 is 1.27 bits per heavy atom. The SMILES string of the molecule is CS(=O)(=O)C1CC2CCC(C1)N2C(=O)c1cccc(C#N)c1. The Morgan fingerprint density at radius 2 is 1.91 bits per heavy atom. The van der Waals surface area contributed by atoms with E-state index in [1.54, 1.807) is 24.3 Å². The molecule has 2 saturated heterocycles. The smallest absolute Gasteiger partial charge is 0.254 e. The van der Waals surface area contributed by atoms with Gasteiger partial charge in [0.1, 0.15) is 9.84 Å². The highest BCUT2D eigenvalue weighted by Crippen LogP contribution is 2.39. The van der Waals surface area contributed by atoms with E-state index in [0.717, 1.165) is 12.8 Å². The van der Waals surface area contributed by atoms with Gasteiger partial charge < -0.3 is 4.90 Å². The molecule has 3 rings (SSSR count). The molecule has 1 amide bonds. The Bertz CT molecular complexity index is 737. The lowest BCUT2D eigenvalue weighted by molar-refractivity contribution is 0.0598. The Balaban J connectivity index is 1.85. The van der Waals surface area contributed by atoms with Crippen LogP contribution in [0.3, 0.4) is 0 Å². The lowest BCUT2D eigenvalue weighted by Crippen LogP contribution is -2.49. The van der Waals surface area contributed by atoms with Crippen LogP contribution >= 0.6 is 0 Å². The van der Waals surface area contributed by atoms with Crippen LogP contribution in [0.5, 0.6) is 0 Å². The summed E-state index contributed by atoms with van der Waals surface area (Å²) in [7, 11) is -3.06. The third-order valence-corrected chi connectivity index (χ3v) is 6.36. The van der Waals surface area contributed by atoms with Crippen LogP contribution in [-0.2, 0) is 9.84 Å². The van der Waals surface area contributed by atoms with Crippen molar-refractivity contribution in [3.8, 4) is 6.07 Å². The quantitative estimate of drug-likeness (QED) is 0.832. The number of carbonyl (C=O) groups is 1. The van der Waals surface area contributed by atoms with Crippen molar-refractivity contribution < 1.29 is 13.2 Å². The molecule has 0 aromatic heterocycles. The first-order chi connectivity index (χ1) is 10.4. The summed E-state index contributed by atoms with van der Waals surface area (Å²) in [5, 5.41) is 8.62. The van der Waals surface area contributed by atoms with E-state index in [4.69, 9.17) is 5.26 Å². The van der Waals surface area contributed by atoms with Gasteiger partial charge in [0.15, 0.2) is 0 Å². The number of hydrogen-bond acceptors (Lipinski definition) is 4. The molecular weight excluding hydrogens is 300 g/mol. The van der Waals surface area contributed by atoms with E-state index in [1.165, 1.54) is 6.26 Å². The minimum absolute atomic E-state index is 0.00304. The van der Waals surface area contributed by atoms with E-state index in [2.05, 4.69) is 0 Å². The summed E-state index contributed by atoms with van der Waals surface area (Å²) in [6.45, 7) is 0. The minimum Gasteiger partial charge on any atom is -0.333 e. The molecule has 2 aliphatic heterocycles. The van der Waals surface area contributed by atoms with Crippen molar-refractivity contribution in [1.82, 2.24) is 4.90 Å². The molecule has 1 aromatic carbocycles. The highest BCUT2D eigenvalue weighted by molar-refractivity contribution is 7.91. The molecule has 2 atom stereocenters.